The van der Waals surface area contributed by atoms with E-state index in [1.54, 1.807) is 7.11 Å². The Labute approximate surface area is 89.4 Å². The summed E-state index contributed by atoms with van der Waals surface area (Å²) in [6.07, 6.45) is -0.0545. The minimum atomic E-state index is -0.0545. The summed E-state index contributed by atoms with van der Waals surface area (Å²) in [7, 11) is 3.61. The molecule has 3 nitrogen and oxygen atoms in total. The van der Waals surface area contributed by atoms with Crippen LogP contribution in [0.3, 0.4) is 0 Å². The van der Waals surface area contributed by atoms with Gasteiger partial charge in [0.25, 0.3) is 0 Å². The summed E-state index contributed by atoms with van der Waals surface area (Å²) in [6.45, 7) is 2.07. The summed E-state index contributed by atoms with van der Waals surface area (Å²) < 4.78 is 5.40. The van der Waals surface area contributed by atoms with Crippen LogP contribution in [0.5, 0.6) is 0 Å². The van der Waals surface area contributed by atoms with Gasteiger partial charge >= 0.3 is 0 Å². The van der Waals surface area contributed by atoms with Crippen LogP contribution in [0.2, 0.25) is 0 Å². The van der Waals surface area contributed by atoms with E-state index in [4.69, 9.17) is 4.74 Å². The number of ether oxygens (including phenoxy) is 1. The van der Waals surface area contributed by atoms with Gasteiger partial charge in [-0.2, -0.15) is 0 Å². The summed E-state index contributed by atoms with van der Waals surface area (Å²) in [5.41, 5.74) is 3.50. The monoisotopic (exact) mass is 204 g/mol. The summed E-state index contributed by atoms with van der Waals surface area (Å²) in [5, 5.41) is 4.36. The second kappa shape index (κ2) is 4.04. The number of rotatable bonds is 3. The first-order valence-electron chi connectivity index (χ1n) is 5.05. The average molecular weight is 204 g/mol. The second-order valence-corrected chi connectivity index (χ2v) is 3.61. The summed E-state index contributed by atoms with van der Waals surface area (Å²) in [5.74, 6) is 0. The van der Waals surface area contributed by atoms with E-state index < -0.39 is 0 Å². The lowest BCUT2D eigenvalue weighted by Gasteiger charge is -2.14. The highest BCUT2D eigenvalue weighted by Gasteiger charge is 2.16. The van der Waals surface area contributed by atoms with Gasteiger partial charge in [-0.1, -0.05) is 18.2 Å². The highest BCUT2D eigenvalue weighted by molar-refractivity contribution is 5.84. The van der Waals surface area contributed by atoms with Gasteiger partial charge in [-0.3, -0.25) is 5.32 Å². The molecule has 0 amide bonds. The topological polar surface area (TPSA) is 37.0 Å². The van der Waals surface area contributed by atoms with Crippen molar-refractivity contribution >= 4 is 10.9 Å². The zero-order valence-corrected chi connectivity index (χ0v) is 9.29. The molecule has 1 aromatic carbocycles. The Bertz CT molecular complexity index is 458. The molecular formula is C12H16N2O. The predicted molar refractivity (Wildman–Crippen MR) is 61.8 cm³/mol. The van der Waals surface area contributed by atoms with Gasteiger partial charge in [0.15, 0.2) is 0 Å². The van der Waals surface area contributed by atoms with Gasteiger partial charge in [0.1, 0.15) is 6.23 Å². The number of aromatic amines is 1. The van der Waals surface area contributed by atoms with Gasteiger partial charge in [0.2, 0.25) is 0 Å². The number of H-pyrrole nitrogens is 1. The number of aromatic nitrogens is 1. The number of methoxy groups -OCH3 is 1. The SMILES string of the molecule is CNC(OC)c1c(C)[nH]c2ccccc12. The van der Waals surface area contributed by atoms with Gasteiger partial charge in [0, 0.05) is 29.3 Å². The highest BCUT2D eigenvalue weighted by Crippen LogP contribution is 2.27. The van der Waals surface area contributed by atoms with E-state index in [-0.39, 0.29) is 6.23 Å². The molecule has 0 saturated heterocycles. The Morgan fingerprint density at radius 2 is 2.07 bits per heavy atom. The molecule has 0 radical (unpaired) electrons. The molecule has 0 aliphatic rings. The van der Waals surface area contributed by atoms with Crippen LogP contribution in [0.1, 0.15) is 17.5 Å². The van der Waals surface area contributed by atoms with Gasteiger partial charge in [-0.05, 0) is 20.0 Å². The van der Waals surface area contributed by atoms with Crippen molar-refractivity contribution in [1.29, 1.82) is 0 Å². The summed E-state index contributed by atoms with van der Waals surface area (Å²) in [4.78, 5) is 3.36. The fourth-order valence-electron chi connectivity index (χ4n) is 2.02. The van der Waals surface area contributed by atoms with Gasteiger partial charge in [-0.25, -0.2) is 0 Å². The van der Waals surface area contributed by atoms with E-state index in [9.17, 15) is 0 Å². The maximum atomic E-state index is 5.40. The molecule has 0 aliphatic carbocycles. The fraction of sp³-hybridized carbons (Fsp3) is 0.333. The molecule has 80 valence electrons. The van der Waals surface area contributed by atoms with Gasteiger partial charge < -0.3 is 9.72 Å². The third kappa shape index (κ3) is 1.64. The number of para-hydroxylation sites is 1. The van der Waals surface area contributed by atoms with Crippen molar-refractivity contribution in [3.8, 4) is 0 Å². The van der Waals surface area contributed by atoms with Crippen LogP contribution in [0.15, 0.2) is 24.3 Å². The fourth-order valence-corrected chi connectivity index (χ4v) is 2.02. The van der Waals surface area contributed by atoms with Crippen LogP contribution in [-0.2, 0) is 4.74 Å². The lowest BCUT2D eigenvalue weighted by molar-refractivity contribution is 0.0816. The van der Waals surface area contributed by atoms with Crippen molar-refractivity contribution in [2.45, 2.75) is 13.2 Å². The third-order valence-electron chi connectivity index (χ3n) is 2.70. The quantitative estimate of drug-likeness (QED) is 0.753. The first-order valence-corrected chi connectivity index (χ1v) is 5.05. The van der Waals surface area contributed by atoms with Crippen LogP contribution in [-0.4, -0.2) is 19.1 Å². The van der Waals surface area contributed by atoms with Gasteiger partial charge in [-0.15, -0.1) is 0 Å². The molecule has 0 bridgehead atoms. The Hall–Kier alpha value is -1.32. The van der Waals surface area contributed by atoms with Crippen molar-refractivity contribution in [2.24, 2.45) is 0 Å². The van der Waals surface area contributed by atoms with E-state index in [1.807, 2.05) is 19.2 Å². The predicted octanol–water partition coefficient (Wildman–Crippen LogP) is 2.34. The number of hydrogen-bond acceptors (Lipinski definition) is 2. The summed E-state index contributed by atoms with van der Waals surface area (Å²) >= 11 is 0. The van der Waals surface area contributed by atoms with Gasteiger partial charge in [0.05, 0.1) is 0 Å². The molecular weight excluding hydrogens is 188 g/mol. The molecule has 0 spiro atoms. The summed E-state index contributed by atoms with van der Waals surface area (Å²) in [6, 6.07) is 8.26. The molecule has 15 heavy (non-hydrogen) atoms. The minimum Gasteiger partial charge on any atom is -0.362 e. The smallest absolute Gasteiger partial charge is 0.136 e. The van der Waals surface area contributed by atoms with Crippen LogP contribution in [0.25, 0.3) is 10.9 Å². The number of benzene rings is 1. The number of hydrogen-bond donors (Lipinski definition) is 2. The normalized spacial score (nSPS) is 13.3. The van der Waals surface area contributed by atoms with E-state index in [0.29, 0.717) is 0 Å². The largest absolute Gasteiger partial charge is 0.362 e. The van der Waals surface area contributed by atoms with Crippen LogP contribution in [0, 0.1) is 6.92 Å². The number of nitrogens with one attached hydrogen (secondary N) is 2. The molecule has 2 aromatic rings. The molecule has 0 aliphatic heterocycles. The van der Waals surface area contributed by atoms with Crippen LogP contribution in [0.4, 0.5) is 0 Å². The Balaban J connectivity index is 2.62. The van der Waals surface area contributed by atoms with Crippen molar-refractivity contribution in [3.05, 3.63) is 35.5 Å². The van der Waals surface area contributed by atoms with Crippen molar-refractivity contribution < 1.29 is 4.74 Å². The van der Waals surface area contributed by atoms with E-state index in [1.165, 1.54) is 10.9 Å². The van der Waals surface area contributed by atoms with Crippen LogP contribution < -0.4 is 5.32 Å². The Morgan fingerprint density at radius 1 is 1.33 bits per heavy atom. The standard InChI is InChI=1S/C12H16N2O/c1-8-11(12(13-2)15-3)9-6-4-5-7-10(9)14-8/h4-7,12-14H,1-3H3. The van der Waals surface area contributed by atoms with E-state index in [0.717, 1.165) is 11.2 Å². The number of aryl methyl sites for hydroxylation is 1. The second-order valence-electron chi connectivity index (χ2n) is 3.61. The molecule has 2 rings (SSSR count). The van der Waals surface area contributed by atoms with Crippen molar-refractivity contribution in [3.63, 3.8) is 0 Å². The maximum Gasteiger partial charge on any atom is 0.136 e. The molecule has 1 atom stereocenters. The maximum absolute atomic E-state index is 5.40. The highest BCUT2D eigenvalue weighted by atomic mass is 16.5. The minimum absolute atomic E-state index is 0.0545. The first-order chi connectivity index (χ1) is 7.27. The van der Waals surface area contributed by atoms with E-state index in [2.05, 4.69) is 29.4 Å². The van der Waals surface area contributed by atoms with Crippen LogP contribution >= 0.6 is 0 Å². The Kier molecular flexibility index (Phi) is 2.75. The molecule has 1 unspecified atom stereocenters. The lowest BCUT2D eigenvalue weighted by atomic mass is 10.1. The van der Waals surface area contributed by atoms with Crippen molar-refractivity contribution in [2.75, 3.05) is 14.2 Å². The molecule has 0 fully saturated rings. The molecule has 2 N–H and O–H groups in total. The Morgan fingerprint density at radius 3 is 2.73 bits per heavy atom. The average Bonchev–Trinajstić information content (AvgIpc) is 2.58. The zero-order valence-electron chi connectivity index (χ0n) is 9.29. The van der Waals surface area contributed by atoms with E-state index >= 15 is 0 Å². The molecule has 1 heterocycles. The zero-order chi connectivity index (χ0) is 10.8. The molecule has 3 heteroatoms. The molecule has 1 aromatic heterocycles. The van der Waals surface area contributed by atoms with Crippen molar-refractivity contribution in [1.82, 2.24) is 10.3 Å². The number of fused-ring (bicyclic) bond motifs is 1. The molecule has 0 saturated carbocycles. The third-order valence-corrected chi connectivity index (χ3v) is 2.70. The first kappa shape index (κ1) is 10.2. The lowest BCUT2D eigenvalue weighted by Crippen LogP contribution is -2.18.